The molecule has 1 aliphatic carbocycles. The van der Waals surface area contributed by atoms with Crippen LogP contribution in [0, 0.1) is 5.92 Å². The topological polar surface area (TPSA) is 89.6 Å². The Bertz CT molecular complexity index is 1380. The Balaban J connectivity index is 1.41. The van der Waals surface area contributed by atoms with Crippen molar-refractivity contribution in [2.24, 2.45) is 5.92 Å². The van der Waals surface area contributed by atoms with Crippen LogP contribution < -0.4 is 10.1 Å². The van der Waals surface area contributed by atoms with E-state index >= 15 is 0 Å². The fraction of sp³-hybridized carbons (Fsp3) is 0.276. The van der Waals surface area contributed by atoms with Crippen molar-refractivity contribution in [3.8, 4) is 22.7 Å². The van der Waals surface area contributed by atoms with Crippen LogP contribution in [0.2, 0.25) is 5.02 Å². The van der Waals surface area contributed by atoms with Crippen molar-refractivity contribution in [1.29, 1.82) is 0 Å². The van der Waals surface area contributed by atoms with E-state index in [1.165, 1.54) is 0 Å². The quantitative estimate of drug-likeness (QED) is 0.287. The summed E-state index contributed by atoms with van der Waals surface area (Å²) in [7, 11) is 1.61. The highest BCUT2D eigenvalue weighted by atomic mass is 35.5. The number of nitrogens with zero attached hydrogens (tertiary/aromatic N) is 3. The zero-order valence-corrected chi connectivity index (χ0v) is 21.9. The molecule has 38 heavy (non-hydrogen) atoms. The molecule has 2 aromatic carbocycles. The lowest BCUT2D eigenvalue weighted by atomic mass is 10.1. The second-order valence-electron chi connectivity index (χ2n) is 9.33. The van der Waals surface area contributed by atoms with E-state index in [1.807, 2.05) is 48.7 Å². The number of imidazole rings is 1. The van der Waals surface area contributed by atoms with Crippen LogP contribution in [-0.2, 0) is 16.1 Å². The number of amides is 2. The van der Waals surface area contributed by atoms with E-state index < -0.39 is 0 Å². The highest BCUT2D eigenvalue weighted by molar-refractivity contribution is 6.30. The molecule has 0 saturated heterocycles. The van der Waals surface area contributed by atoms with Gasteiger partial charge < -0.3 is 14.1 Å². The Morgan fingerprint density at radius 2 is 1.84 bits per heavy atom. The number of ether oxygens (including phenoxy) is 1. The lowest BCUT2D eigenvalue weighted by Crippen LogP contribution is -2.40. The first-order valence-corrected chi connectivity index (χ1v) is 13.0. The molecular formula is C29H29ClN4O4. The summed E-state index contributed by atoms with van der Waals surface area (Å²) in [6.07, 6.45) is 7.18. The number of rotatable bonds is 9. The first-order valence-electron chi connectivity index (χ1n) is 12.6. The predicted octanol–water partition coefficient (Wildman–Crippen LogP) is 5.95. The van der Waals surface area contributed by atoms with Gasteiger partial charge in [-0.1, -0.05) is 36.6 Å². The standard InChI is InChI=1S/C29H29ClN4O4/c1-37-24-14-12-23(13-15-24)34-18-26(20-8-10-22(30)11-9-20)31-29(34)32-27(35)19-33(17-25-7-4-16-38-25)28(36)21-5-2-3-6-21/h4,7-16,18,21H,2-3,5-6,17,19H2,1H3,(H,31,32,35). The van der Waals surface area contributed by atoms with Crippen LogP contribution in [0.5, 0.6) is 5.75 Å². The summed E-state index contributed by atoms with van der Waals surface area (Å²) in [5.74, 6) is 1.28. The summed E-state index contributed by atoms with van der Waals surface area (Å²) in [5.41, 5.74) is 2.32. The fourth-order valence-electron chi connectivity index (χ4n) is 4.74. The third kappa shape index (κ3) is 5.92. The molecule has 9 heteroatoms. The average Bonchev–Trinajstić information content (AvgIpc) is 3.71. The normalized spacial score (nSPS) is 13.4. The van der Waals surface area contributed by atoms with Crippen molar-refractivity contribution in [2.75, 3.05) is 19.0 Å². The van der Waals surface area contributed by atoms with Crippen molar-refractivity contribution >= 4 is 29.4 Å². The molecule has 0 spiro atoms. The Morgan fingerprint density at radius 3 is 2.50 bits per heavy atom. The van der Waals surface area contributed by atoms with Crippen molar-refractivity contribution < 1.29 is 18.7 Å². The molecule has 0 aliphatic heterocycles. The van der Waals surface area contributed by atoms with Gasteiger partial charge in [0.25, 0.3) is 0 Å². The van der Waals surface area contributed by atoms with Gasteiger partial charge in [0.15, 0.2) is 0 Å². The molecule has 1 saturated carbocycles. The zero-order chi connectivity index (χ0) is 26.5. The number of aromatic nitrogens is 2. The van der Waals surface area contributed by atoms with Gasteiger partial charge in [0.1, 0.15) is 18.1 Å². The van der Waals surface area contributed by atoms with Gasteiger partial charge in [-0.25, -0.2) is 4.98 Å². The van der Waals surface area contributed by atoms with Crippen LogP contribution in [0.3, 0.4) is 0 Å². The number of hydrogen-bond acceptors (Lipinski definition) is 5. The molecule has 2 heterocycles. The monoisotopic (exact) mass is 532 g/mol. The van der Waals surface area contributed by atoms with E-state index in [9.17, 15) is 9.59 Å². The van der Waals surface area contributed by atoms with Crippen LogP contribution >= 0.6 is 11.6 Å². The van der Waals surface area contributed by atoms with E-state index in [-0.39, 0.29) is 30.8 Å². The predicted molar refractivity (Wildman–Crippen MR) is 145 cm³/mol. The molecule has 1 fully saturated rings. The van der Waals surface area contributed by atoms with E-state index in [0.29, 0.717) is 22.4 Å². The Labute approximate surface area is 226 Å². The molecule has 5 rings (SSSR count). The molecule has 4 aromatic rings. The number of halogens is 1. The van der Waals surface area contributed by atoms with E-state index in [4.69, 9.17) is 25.7 Å². The maximum absolute atomic E-state index is 13.3. The minimum Gasteiger partial charge on any atom is -0.497 e. The van der Waals surface area contributed by atoms with Crippen LogP contribution in [0.4, 0.5) is 5.95 Å². The van der Waals surface area contributed by atoms with E-state index in [2.05, 4.69) is 5.32 Å². The van der Waals surface area contributed by atoms with Crippen LogP contribution in [-0.4, -0.2) is 39.9 Å². The minimum atomic E-state index is -0.342. The molecule has 8 nitrogen and oxygen atoms in total. The highest BCUT2D eigenvalue weighted by Crippen LogP contribution is 2.28. The number of hydrogen-bond donors (Lipinski definition) is 1. The maximum Gasteiger partial charge on any atom is 0.246 e. The van der Waals surface area contributed by atoms with Crippen LogP contribution in [0.25, 0.3) is 16.9 Å². The maximum atomic E-state index is 13.3. The number of carbonyl (C=O) groups excluding carboxylic acids is 2. The van der Waals surface area contributed by atoms with Crippen molar-refractivity contribution in [1.82, 2.24) is 14.5 Å². The summed E-state index contributed by atoms with van der Waals surface area (Å²) in [6.45, 7) is 0.125. The summed E-state index contributed by atoms with van der Waals surface area (Å²) >= 11 is 6.07. The van der Waals surface area contributed by atoms with Crippen molar-refractivity contribution in [3.05, 3.63) is 83.9 Å². The highest BCUT2D eigenvalue weighted by Gasteiger charge is 2.29. The smallest absolute Gasteiger partial charge is 0.246 e. The van der Waals surface area contributed by atoms with Gasteiger partial charge in [-0.2, -0.15) is 0 Å². The molecule has 196 valence electrons. The minimum absolute atomic E-state index is 0.0191. The van der Waals surface area contributed by atoms with Crippen molar-refractivity contribution in [2.45, 2.75) is 32.2 Å². The Hall–Kier alpha value is -4.04. The van der Waals surface area contributed by atoms with Gasteiger partial charge in [-0.15, -0.1) is 0 Å². The molecular weight excluding hydrogens is 504 g/mol. The second-order valence-corrected chi connectivity index (χ2v) is 9.76. The number of carbonyl (C=O) groups is 2. The van der Waals surface area contributed by atoms with Gasteiger partial charge >= 0.3 is 0 Å². The van der Waals surface area contributed by atoms with Gasteiger partial charge in [-0.3, -0.25) is 19.5 Å². The molecule has 0 bridgehead atoms. The first kappa shape index (κ1) is 25.6. The number of methoxy groups -OCH3 is 1. The van der Waals surface area contributed by atoms with E-state index in [1.54, 1.807) is 41.0 Å². The Morgan fingerprint density at radius 1 is 1.11 bits per heavy atom. The summed E-state index contributed by atoms with van der Waals surface area (Å²) in [5, 5.41) is 3.55. The summed E-state index contributed by atoms with van der Waals surface area (Å²) in [4.78, 5) is 32.9. The van der Waals surface area contributed by atoms with E-state index in [0.717, 1.165) is 42.7 Å². The largest absolute Gasteiger partial charge is 0.497 e. The molecule has 1 aliphatic rings. The molecule has 1 N–H and O–H groups in total. The number of nitrogens with one attached hydrogen (secondary N) is 1. The van der Waals surface area contributed by atoms with Crippen LogP contribution in [0.1, 0.15) is 31.4 Å². The number of furan rings is 1. The SMILES string of the molecule is COc1ccc(-n2cc(-c3ccc(Cl)cc3)nc2NC(=O)CN(Cc2ccco2)C(=O)C2CCCC2)cc1. The van der Waals surface area contributed by atoms with Crippen molar-refractivity contribution in [3.63, 3.8) is 0 Å². The molecule has 0 atom stereocenters. The zero-order valence-electron chi connectivity index (χ0n) is 21.1. The van der Waals surface area contributed by atoms with Gasteiger partial charge in [0.2, 0.25) is 17.8 Å². The van der Waals surface area contributed by atoms with Crippen LogP contribution in [0.15, 0.2) is 77.5 Å². The number of benzene rings is 2. The molecule has 0 radical (unpaired) electrons. The summed E-state index contributed by atoms with van der Waals surface area (Å²) in [6, 6.07) is 18.4. The second kappa shape index (κ2) is 11.6. The van der Waals surface area contributed by atoms with Gasteiger partial charge in [-0.05, 0) is 61.4 Å². The average molecular weight is 533 g/mol. The van der Waals surface area contributed by atoms with Gasteiger partial charge in [0, 0.05) is 28.4 Å². The fourth-order valence-corrected chi connectivity index (χ4v) is 4.86. The molecule has 2 amide bonds. The molecule has 2 aromatic heterocycles. The first-order chi connectivity index (χ1) is 18.5. The number of anilines is 1. The Kier molecular flexibility index (Phi) is 7.79. The molecule has 0 unspecified atom stereocenters. The third-order valence-corrected chi connectivity index (χ3v) is 6.98. The lowest BCUT2D eigenvalue weighted by molar-refractivity contribution is -0.139. The summed E-state index contributed by atoms with van der Waals surface area (Å²) < 4.78 is 12.6. The lowest BCUT2D eigenvalue weighted by Gasteiger charge is -2.24. The third-order valence-electron chi connectivity index (χ3n) is 6.73. The van der Waals surface area contributed by atoms with Gasteiger partial charge in [0.05, 0.1) is 25.6 Å².